The summed E-state index contributed by atoms with van der Waals surface area (Å²) in [5.41, 5.74) is 0.965. The van der Waals surface area contributed by atoms with Crippen LogP contribution in [0.4, 0.5) is 31.9 Å². The van der Waals surface area contributed by atoms with Gasteiger partial charge in [0.05, 0.1) is 36.1 Å². The SMILES string of the molecule is Cn1c(=O)c2c(c3cc(Nc4nc(N5CCC[C@H]5CO)ncc4Cl)ccc31)N[C@@H](C1CC1)C(F)(F)CO2. The zero-order chi connectivity index (χ0) is 25.9. The highest BCUT2D eigenvalue weighted by molar-refractivity contribution is 6.33. The summed E-state index contributed by atoms with van der Waals surface area (Å²) in [6, 6.07) is 4.12. The van der Waals surface area contributed by atoms with Crippen molar-refractivity contribution in [1.82, 2.24) is 14.5 Å². The first-order valence-corrected chi connectivity index (χ1v) is 12.8. The van der Waals surface area contributed by atoms with Crippen molar-refractivity contribution < 1.29 is 18.6 Å². The summed E-state index contributed by atoms with van der Waals surface area (Å²) < 4.78 is 36.6. The number of pyridine rings is 1. The molecule has 3 N–H and O–H groups in total. The number of nitrogens with one attached hydrogen (secondary N) is 2. The average molecular weight is 533 g/mol. The Hall–Kier alpha value is -3.18. The third-order valence-corrected chi connectivity index (χ3v) is 7.73. The number of ether oxygens (including phenoxy) is 1. The number of alkyl halides is 2. The van der Waals surface area contributed by atoms with Gasteiger partial charge in [-0.1, -0.05) is 11.6 Å². The second-order valence-electron chi connectivity index (χ2n) is 9.97. The summed E-state index contributed by atoms with van der Waals surface area (Å²) in [6.07, 6.45) is 4.72. The lowest BCUT2D eigenvalue weighted by molar-refractivity contribution is -0.0579. The smallest absolute Gasteiger partial charge is 0.301 e. The van der Waals surface area contributed by atoms with Gasteiger partial charge in [-0.2, -0.15) is 4.98 Å². The average Bonchev–Trinajstić information content (AvgIpc) is 3.62. The van der Waals surface area contributed by atoms with E-state index in [2.05, 4.69) is 20.6 Å². The van der Waals surface area contributed by atoms with Gasteiger partial charge in [0.15, 0.2) is 12.4 Å². The number of rotatable bonds is 5. The van der Waals surface area contributed by atoms with Crippen molar-refractivity contribution in [3.05, 3.63) is 39.8 Å². The Bertz CT molecular complexity index is 1430. The number of benzene rings is 1. The number of hydrogen-bond acceptors (Lipinski definition) is 8. The van der Waals surface area contributed by atoms with E-state index in [-0.39, 0.29) is 30.0 Å². The van der Waals surface area contributed by atoms with Crippen molar-refractivity contribution in [3.63, 3.8) is 0 Å². The van der Waals surface area contributed by atoms with Gasteiger partial charge in [-0.05, 0) is 49.8 Å². The maximum atomic E-state index is 14.9. The summed E-state index contributed by atoms with van der Waals surface area (Å²) in [7, 11) is 1.59. The van der Waals surface area contributed by atoms with E-state index < -0.39 is 24.1 Å². The molecular weight excluding hydrogens is 506 g/mol. The number of nitrogens with zero attached hydrogens (tertiary/aromatic N) is 4. The second-order valence-corrected chi connectivity index (χ2v) is 10.4. The van der Waals surface area contributed by atoms with E-state index >= 15 is 0 Å². The van der Waals surface area contributed by atoms with E-state index in [1.54, 1.807) is 25.2 Å². The summed E-state index contributed by atoms with van der Waals surface area (Å²) in [6.45, 7) is -0.0996. The highest BCUT2D eigenvalue weighted by atomic mass is 35.5. The number of aromatic nitrogens is 3. The molecule has 4 heterocycles. The van der Waals surface area contributed by atoms with Gasteiger partial charge in [0.25, 0.3) is 5.56 Å². The van der Waals surface area contributed by atoms with Crippen molar-refractivity contribution in [3.8, 4) is 5.75 Å². The molecule has 1 saturated heterocycles. The van der Waals surface area contributed by atoms with Gasteiger partial charge < -0.3 is 29.9 Å². The monoisotopic (exact) mass is 532 g/mol. The normalized spacial score (nSPS) is 22.8. The maximum absolute atomic E-state index is 14.9. The minimum atomic E-state index is -3.11. The number of hydrogen-bond donors (Lipinski definition) is 3. The molecule has 1 aromatic carbocycles. The molecule has 1 saturated carbocycles. The van der Waals surface area contributed by atoms with Crippen LogP contribution in [-0.2, 0) is 7.05 Å². The molecule has 2 aromatic heterocycles. The fourth-order valence-electron chi connectivity index (χ4n) is 5.30. The molecule has 0 unspecified atom stereocenters. The second kappa shape index (κ2) is 8.98. The first-order chi connectivity index (χ1) is 17.8. The van der Waals surface area contributed by atoms with Crippen LogP contribution in [0.25, 0.3) is 10.9 Å². The minimum Gasteiger partial charge on any atom is -0.480 e. The molecule has 6 rings (SSSR count). The fourth-order valence-corrected chi connectivity index (χ4v) is 5.43. The molecule has 3 aliphatic rings. The standard InChI is InChI=1S/C25H27ClF2N6O3/c1-33-18-7-6-14(30-22-17(26)10-29-24(32-22)34-8-2-3-15(34)11-35)9-16(18)19-20(23(33)36)37-12-25(27,28)21(31-19)13-4-5-13/h6-7,9-10,13,15,21,31,35H,2-5,8,11-12H2,1H3,(H,29,30,32)/t15-,21-/m0/s1. The van der Waals surface area contributed by atoms with Gasteiger partial charge in [0.2, 0.25) is 11.7 Å². The summed E-state index contributed by atoms with van der Waals surface area (Å²) >= 11 is 6.40. The van der Waals surface area contributed by atoms with E-state index in [0.717, 1.165) is 19.4 Å². The highest BCUT2D eigenvalue weighted by Crippen LogP contribution is 2.45. The zero-order valence-corrected chi connectivity index (χ0v) is 20.9. The summed E-state index contributed by atoms with van der Waals surface area (Å²) in [5.74, 6) is -2.56. The molecule has 2 atom stereocenters. The van der Waals surface area contributed by atoms with Crippen LogP contribution in [0.15, 0.2) is 29.2 Å². The third-order valence-electron chi connectivity index (χ3n) is 7.45. The predicted octanol–water partition coefficient (Wildman–Crippen LogP) is 3.90. The molecule has 2 fully saturated rings. The Morgan fingerprint density at radius 2 is 2.14 bits per heavy atom. The Morgan fingerprint density at radius 1 is 1.32 bits per heavy atom. The van der Waals surface area contributed by atoms with Crippen LogP contribution >= 0.6 is 11.6 Å². The van der Waals surface area contributed by atoms with E-state index in [4.69, 9.17) is 16.3 Å². The number of fused-ring (bicyclic) bond motifs is 3. The topological polar surface area (TPSA) is 105 Å². The summed E-state index contributed by atoms with van der Waals surface area (Å²) in [4.78, 5) is 23.9. The van der Waals surface area contributed by atoms with Crippen LogP contribution in [0.5, 0.6) is 5.75 Å². The molecule has 3 aromatic rings. The van der Waals surface area contributed by atoms with Crippen LogP contribution < -0.4 is 25.8 Å². The molecule has 196 valence electrons. The Balaban J connectivity index is 1.40. The van der Waals surface area contributed by atoms with Crippen molar-refractivity contribution in [1.29, 1.82) is 0 Å². The maximum Gasteiger partial charge on any atom is 0.301 e. The third kappa shape index (κ3) is 4.23. The molecule has 0 spiro atoms. The Morgan fingerprint density at radius 3 is 2.89 bits per heavy atom. The van der Waals surface area contributed by atoms with Crippen LogP contribution in [0.1, 0.15) is 25.7 Å². The zero-order valence-electron chi connectivity index (χ0n) is 20.2. The largest absolute Gasteiger partial charge is 0.480 e. The fraction of sp³-hybridized carbons (Fsp3) is 0.480. The van der Waals surface area contributed by atoms with Crippen LogP contribution in [0, 0.1) is 5.92 Å². The Labute approximate surface area is 216 Å². The van der Waals surface area contributed by atoms with E-state index in [0.29, 0.717) is 46.2 Å². The van der Waals surface area contributed by atoms with Gasteiger partial charge in [0, 0.05) is 24.7 Å². The number of aryl methyl sites for hydroxylation is 1. The highest BCUT2D eigenvalue weighted by Gasteiger charge is 2.51. The molecule has 12 heteroatoms. The van der Waals surface area contributed by atoms with Crippen LogP contribution in [0.3, 0.4) is 0 Å². The first-order valence-electron chi connectivity index (χ1n) is 12.4. The molecule has 0 amide bonds. The van der Waals surface area contributed by atoms with Crippen molar-refractivity contribution >= 4 is 45.6 Å². The Kier molecular flexibility index (Phi) is 5.87. The lowest BCUT2D eigenvalue weighted by atomic mass is 10.0. The summed E-state index contributed by atoms with van der Waals surface area (Å²) in [5, 5.41) is 16.7. The quantitative estimate of drug-likeness (QED) is 0.454. The van der Waals surface area contributed by atoms with Crippen molar-refractivity contribution in [2.75, 3.05) is 35.3 Å². The molecule has 37 heavy (non-hydrogen) atoms. The minimum absolute atomic E-state index is 0.0131. The first kappa shape index (κ1) is 24.2. The number of aliphatic hydroxyl groups excluding tert-OH is 1. The molecule has 9 nitrogen and oxygen atoms in total. The lowest BCUT2D eigenvalue weighted by Crippen LogP contribution is -2.44. The molecule has 2 aliphatic heterocycles. The van der Waals surface area contributed by atoms with E-state index in [9.17, 15) is 18.7 Å². The van der Waals surface area contributed by atoms with Gasteiger partial charge in [0.1, 0.15) is 5.02 Å². The lowest BCUT2D eigenvalue weighted by Gasteiger charge is -2.25. The number of halogens is 3. The van der Waals surface area contributed by atoms with E-state index in [1.165, 1.54) is 10.8 Å². The number of anilines is 4. The van der Waals surface area contributed by atoms with Gasteiger partial charge in [-0.25, -0.2) is 13.8 Å². The molecule has 0 radical (unpaired) electrons. The molecular formula is C25H27ClF2N6O3. The predicted molar refractivity (Wildman–Crippen MR) is 138 cm³/mol. The number of aliphatic hydroxyl groups is 1. The molecule has 1 aliphatic carbocycles. The van der Waals surface area contributed by atoms with Gasteiger partial charge in [-0.15, -0.1) is 0 Å². The van der Waals surface area contributed by atoms with Crippen molar-refractivity contribution in [2.45, 2.75) is 43.7 Å². The van der Waals surface area contributed by atoms with Gasteiger partial charge in [-0.3, -0.25) is 4.79 Å². The van der Waals surface area contributed by atoms with Crippen molar-refractivity contribution in [2.24, 2.45) is 13.0 Å². The van der Waals surface area contributed by atoms with Crippen LogP contribution in [-0.4, -0.2) is 57.4 Å². The molecule has 0 bridgehead atoms. The van der Waals surface area contributed by atoms with Crippen LogP contribution in [0.2, 0.25) is 5.02 Å². The van der Waals surface area contributed by atoms with E-state index in [1.807, 2.05) is 4.90 Å². The van der Waals surface area contributed by atoms with Gasteiger partial charge >= 0.3 is 5.92 Å².